The van der Waals surface area contributed by atoms with Crippen LogP contribution in [0.4, 0.5) is 32.2 Å². The van der Waals surface area contributed by atoms with E-state index in [9.17, 15) is 44.7 Å². The van der Waals surface area contributed by atoms with Crippen LogP contribution in [0.3, 0.4) is 0 Å². The largest absolute Gasteiger partial charge is 0.480 e. The summed E-state index contributed by atoms with van der Waals surface area (Å²) in [6.45, 7) is 2.62. The van der Waals surface area contributed by atoms with E-state index in [2.05, 4.69) is 28.3 Å². The fourth-order valence-electron chi connectivity index (χ4n) is 5.32. The maximum atomic E-state index is 13.3. The summed E-state index contributed by atoms with van der Waals surface area (Å²) in [5.74, 6) is -3.63. The molecule has 4 rings (SSSR count). The van der Waals surface area contributed by atoms with Gasteiger partial charge in [0, 0.05) is 12.7 Å². The van der Waals surface area contributed by atoms with Gasteiger partial charge in [0.05, 0.1) is 21.8 Å². The monoisotopic (exact) mass is 691 g/mol. The van der Waals surface area contributed by atoms with E-state index in [0.717, 1.165) is 54.7 Å². The minimum Gasteiger partial charge on any atom is -0.480 e. The summed E-state index contributed by atoms with van der Waals surface area (Å²) in [6, 6.07) is 5.13. The van der Waals surface area contributed by atoms with Gasteiger partial charge in [0.15, 0.2) is 9.84 Å². The van der Waals surface area contributed by atoms with Gasteiger partial charge in [-0.15, -0.1) is 0 Å². The molecule has 1 aromatic heterocycles. The number of halogens is 6. The maximum Gasteiger partial charge on any atom is 0.451 e. The van der Waals surface area contributed by atoms with Crippen LogP contribution in [0.25, 0.3) is 0 Å². The number of alkyl halides is 6. The van der Waals surface area contributed by atoms with Crippen molar-refractivity contribution in [3.63, 3.8) is 0 Å². The van der Waals surface area contributed by atoms with Crippen molar-refractivity contribution in [1.29, 1.82) is 5.26 Å². The highest BCUT2D eigenvalue weighted by molar-refractivity contribution is 7.92. The van der Waals surface area contributed by atoms with Gasteiger partial charge in [0.25, 0.3) is 0 Å². The van der Waals surface area contributed by atoms with Crippen LogP contribution >= 0.6 is 0 Å². The molecular formula is C31H39F6N5O4S. The predicted molar refractivity (Wildman–Crippen MR) is 161 cm³/mol. The van der Waals surface area contributed by atoms with Gasteiger partial charge >= 0.3 is 18.3 Å². The number of unbranched alkanes of at least 4 members (excludes halogenated alkanes) is 7. The van der Waals surface area contributed by atoms with Crippen LogP contribution in [0, 0.1) is 11.3 Å². The van der Waals surface area contributed by atoms with E-state index < -0.39 is 74.5 Å². The Labute approximate surface area is 270 Å². The van der Waals surface area contributed by atoms with E-state index >= 15 is 0 Å². The first kappa shape index (κ1) is 38.0. The molecule has 2 N–H and O–H groups in total. The maximum absolute atomic E-state index is 13.3. The number of hydrogen-bond acceptors (Lipinski definition) is 8. The molecule has 1 saturated carbocycles. The number of aliphatic carboxylic acids is 1. The summed E-state index contributed by atoms with van der Waals surface area (Å²) in [6.07, 6.45) is 3.13. The van der Waals surface area contributed by atoms with Crippen LogP contribution in [0.5, 0.6) is 0 Å². The third-order valence-electron chi connectivity index (χ3n) is 8.13. The van der Waals surface area contributed by atoms with Crippen LogP contribution in [0.2, 0.25) is 0 Å². The van der Waals surface area contributed by atoms with E-state index in [0.29, 0.717) is 6.07 Å². The average molecular weight is 692 g/mol. The van der Waals surface area contributed by atoms with Crippen LogP contribution in [-0.2, 0) is 27.0 Å². The van der Waals surface area contributed by atoms with Gasteiger partial charge in [-0.1, -0.05) is 64.0 Å². The van der Waals surface area contributed by atoms with Crippen molar-refractivity contribution in [1.82, 2.24) is 15.3 Å². The van der Waals surface area contributed by atoms with E-state index in [1.807, 2.05) is 0 Å². The van der Waals surface area contributed by atoms with E-state index in [1.165, 1.54) is 51.4 Å². The Bertz CT molecular complexity index is 1490. The van der Waals surface area contributed by atoms with Crippen LogP contribution < -0.4 is 10.2 Å². The molecule has 0 unspecified atom stereocenters. The number of aromatic nitrogens is 2. The second kappa shape index (κ2) is 16.1. The number of hydrogen-bond donors (Lipinski definition) is 2. The lowest BCUT2D eigenvalue weighted by molar-refractivity contribution is -0.145. The number of nitrogens with one attached hydrogen (secondary N) is 1. The second-order valence-electron chi connectivity index (χ2n) is 11.7. The number of benzene rings is 1. The number of anilines is 1. The SMILES string of the molecule is CCCCCCCCCCNC1(C#N)CC1.O=C(O)[C@@H]1C[C@@H](S(=O)(=O)c2ccccc2C(F)(F)F)CN1c1ccnc(C(F)(F)F)n1. The van der Waals surface area contributed by atoms with Crippen molar-refractivity contribution in [2.24, 2.45) is 0 Å². The number of rotatable bonds is 14. The highest BCUT2D eigenvalue weighted by Gasteiger charge is 2.47. The average Bonchev–Trinajstić information content (AvgIpc) is 3.65. The lowest BCUT2D eigenvalue weighted by atomic mass is 10.1. The molecule has 1 aromatic carbocycles. The van der Waals surface area contributed by atoms with Crippen molar-refractivity contribution in [3.05, 3.63) is 47.9 Å². The third kappa shape index (κ3) is 10.5. The van der Waals surface area contributed by atoms with E-state index in [4.69, 9.17) is 5.26 Å². The molecule has 1 saturated heterocycles. The lowest BCUT2D eigenvalue weighted by Crippen LogP contribution is -2.37. The first-order valence-corrected chi connectivity index (χ1v) is 17.1. The molecule has 16 heteroatoms. The van der Waals surface area contributed by atoms with Gasteiger partial charge < -0.3 is 10.0 Å². The molecule has 2 aliphatic rings. The van der Waals surface area contributed by atoms with Gasteiger partial charge in [-0.3, -0.25) is 5.32 Å². The molecule has 47 heavy (non-hydrogen) atoms. The number of carbonyl (C=O) groups is 1. The molecule has 0 bridgehead atoms. The fourth-order valence-corrected chi connectivity index (χ4v) is 7.23. The topological polar surface area (TPSA) is 136 Å². The Morgan fingerprint density at radius 3 is 2.19 bits per heavy atom. The summed E-state index contributed by atoms with van der Waals surface area (Å²) in [5.41, 5.74) is -1.53. The van der Waals surface area contributed by atoms with Gasteiger partial charge in [-0.05, 0) is 50.4 Å². The second-order valence-corrected chi connectivity index (χ2v) is 13.9. The Morgan fingerprint density at radius 1 is 1.02 bits per heavy atom. The Morgan fingerprint density at radius 2 is 1.64 bits per heavy atom. The van der Waals surface area contributed by atoms with Crippen LogP contribution in [0.15, 0.2) is 41.4 Å². The third-order valence-corrected chi connectivity index (χ3v) is 10.3. The summed E-state index contributed by atoms with van der Waals surface area (Å²) < 4.78 is 104. The normalized spacial score (nSPS) is 19.1. The van der Waals surface area contributed by atoms with Gasteiger partial charge in [0.2, 0.25) is 5.82 Å². The van der Waals surface area contributed by atoms with Crippen LogP contribution in [-0.4, -0.2) is 59.4 Å². The number of nitrogens with zero attached hydrogens (tertiary/aromatic N) is 4. The lowest BCUT2D eigenvalue weighted by Gasteiger charge is -2.23. The number of carboxylic acid groups (broad SMARTS) is 1. The summed E-state index contributed by atoms with van der Waals surface area (Å²) in [5, 5.41) is 20.0. The zero-order valence-electron chi connectivity index (χ0n) is 25.9. The molecule has 2 atom stereocenters. The Balaban J connectivity index is 0.000000316. The smallest absolute Gasteiger partial charge is 0.451 e. The minimum atomic E-state index is -4.98. The zero-order chi connectivity index (χ0) is 34.9. The van der Waals surface area contributed by atoms with Gasteiger partial charge in [0.1, 0.15) is 17.4 Å². The van der Waals surface area contributed by atoms with Gasteiger partial charge in [-0.25, -0.2) is 23.2 Å². The summed E-state index contributed by atoms with van der Waals surface area (Å²) >= 11 is 0. The van der Waals surface area contributed by atoms with Crippen molar-refractivity contribution in [3.8, 4) is 6.07 Å². The molecule has 0 spiro atoms. The molecular weight excluding hydrogens is 652 g/mol. The van der Waals surface area contributed by atoms with Crippen LogP contribution in [0.1, 0.15) is 88.9 Å². The van der Waals surface area contributed by atoms with E-state index in [1.54, 1.807) is 0 Å². The van der Waals surface area contributed by atoms with Gasteiger partial charge in [-0.2, -0.15) is 31.6 Å². The highest BCUT2D eigenvalue weighted by Crippen LogP contribution is 2.39. The standard InChI is InChI=1S/C17H13F6N3O4S.C14H26N2/c18-16(19,20)10-3-1-2-4-12(10)31(29,30)9-7-11(14(27)28)26(8-9)13-5-6-24-15(25-13)17(21,22)23;1-2-3-4-5-6-7-8-9-12-16-14(13-15)10-11-14/h1-6,9,11H,7-8H2,(H,27,28);16H,2-12H2,1H3/t9-,11+;/m1./s1. The molecule has 1 aliphatic carbocycles. The van der Waals surface area contributed by atoms with Crippen molar-refractivity contribution in [2.45, 2.75) is 112 Å². The number of sulfone groups is 1. The molecule has 2 heterocycles. The Kier molecular flexibility index (Phi) is 13.0. The summed E-state index contributed by atoms with van der Waals surface area (Å²) in [4.78, 5) is 17.7. The van der Waals surface area contributed by atoms with E-state index in [-0.39, 0.29) is 5.54 Å². The number of carboxylic acids is 1. The van der Waals surface area contributed by atoms with Crippen molar-refractivity contribution < 1.29 is 44.7 Å². The predicted octanol–water partition coefficient (Wildman–Crippen LogP) is 6.79. The molecule has 260 valence electrons. The molecule has 1 aliphatic heterocycles. The van der Waals surface area contributed by atoms with Crippen molar-refractivity contribution >= 4 is 21.6 Å². The zero-order valence-corrected chi connectivity index (χ0v) is 26.8. The minimum absolute atomic E-state index is 0.110. The molecule has 0 radical (unpaired) electrons. The molecule has 2 fully saturated rings. The molecule has 2 aromatic rings. The van der Waals surface area contributed by atoms with Crippen molar-refractivity contribution in [2.75, 3.05) is 18.0 Å². The quantitative estimate of drug-likeness (QED) is 0.162. The Hall–Kier alpha value is -3.45. The molecule has 9 nitrogen and oxygen atoms in total. The fraction of sp³-hybridized carbons (Fsp3) is 0.613. The summed E-state index contributed by atoms with van der Waals surface area (Å²) in [7, 11) is -4.69. The first-order valence-electron chi connectivity index (χ1n) is 15.5. The highest BCUT2D eigenvalue weighted by atomic mass is 32.2. The first-order chi connectivity index (χ1) is 22.1. The number of nitriles is 1. The molecule has 0 amide bonds.